The molecule has 16 heavy (non-hydrogen) atoms. The van der Waals surface area contributed by atoms with Gasteiger partial charge in [-0.2, -0.15) is 0 Å². The zero-order valence-corrected chi connectivity index (χ0v) is 9.53. The maximum atomic E-state index is 5.03. The number of rotatable bonds is 4. The van der Waals surface area contributed by atoms with Gasteiger partial charge in [-0.15, -0.1) is 0 Å². The minimum absolute atomic E-state index is 0.551. The van der Waals surface area contributed by atoms with Gasteiger partial charge in [0.1, 0.15) is 0 Å². The van der Waals surface area contributed by atoms with E-state index >= 15 is 0 Å². The zero-order chi connectivity index (χ0) is 11.4. The first-order chi connectivity index (χ1) is 7.83. The Morgan fingerprint density at radius 3 is 2.94 bits per heavy atom. The predicted molar refractivity (Wildman–Crippen MR) is 63.7 cm³/mol. The Morgan fingerprint density at radius 2 is 2.19 bits per heavy atom. The second-order valence-electron chi connectivity index (χ2n) is 3.59. The highest BCUT2D eigenvalue weighted by Gasteiger charge is 2.01. The SMILES string of the molecule is CNCCc1ccc2nc(OC)cnc2c1. The van der Waals surface area contributed by atoms with E-state index in [-0.39, 0.29) is 0 Å². The van der Waals surface area contributed by atoms with E-state index in [2.05, 4.69) is 27.4 Å². The van der Waals surface area contributed by atoms with Gasteiger partial charge < -0.3 is 10.1 Å². The molecule has 0 atom stereocenters. The Bertz CT molecular complexity index is 485. The normalized spacial score (nSPS) is 10.6. The van der Waals surface area contributed by atoms with E-state index < -0.39 is 0 Å². The summed E-state index contributed by atoms with van der Waals surface area (Å²) in [6.45, 7) is 0.967. The number of ether oxygens (including phenoxy) is 1. The molecule has 0 fully saturated rings. The van der Waals surface area contributed by atoms with Gasteiger partial charge in [0.05, 0.1) is 24.3 Å². The largest absolute Gasteiger partial charge is 0.480 e. The fraction of sp³-hybridized carbons (Fsp3) is 0.333. The number of aromatic nitrogens is 2. The van der Waals surface area contributed by atoms with Gasteiger partial charge in [0, 0.05) is 0 Å². The van der Waals surface area contributed by atoms with Crippen molar-refractivity contribution in [3.63, 3.8) is 0 Å². The van der Waals surface area contributed by atoms with Gasteiger partial charge >= 0.3 is 0 Å². The van der Waals surface area contributed by atoms with Gasteiger partial charge in [0.2, 0.25) is 5.88 Å². The maximum Gasteiger partial charge on any atom is 0.232 e. The third-order valence-corrected chi connectivity index (χ3v) is 2.46. The van der Waals surface area contributed by atoms with Gasteiger partial charge in [-0.25, -0.2) is 9.97 Å². The predicted octanol–water partition coefficient (Wildman–Crippen LogP) is 1.40. The molecular formula is C12H15N3O. The Balaban J connectivity index is 2.32. The molecule has 0 amide bonds. The molecule has 2 rings (SSSR count). The first-order valence-electron chi connectivity index (χ1n) is 5.28. The molecule has 0 spiro atoms. The van der Waals surface area contributed by atoms with Crippen molar-refractivity contribution >= 4 is 11.0 Å². The van der Waals surface area contributed by atoms with Gasteiger partial charge in [-0.1, -0.05) is 6.07 Å². The highest BCUT2D eigenvalue weighted by atomic mass is 16.5. The van der Waals surface area contributed by atoms with Crippen molar-refractivity contribution in [3.05, 3.63) is 30.0 Å². The second-order valence-corrected chi connectivity index (χ2v) is 3.59. The Morgan fingerprint density at radius 1 is 1.31 bits per heavy atom. The van der Waals surface area contributed by atoms with Gasteiger partial charge in [-0.3, -0.25) is 0 Å². The average molecular weight is 217 g/mol. The van der Waals surface area contributed by atoms with Crippen molar-refractivity contribution in [2.45, 2.75) is 6.42 Å². The van der Waals surface area contributed by atoms with Crippen molar-refractivity contribution in [1.82, 2.24) is 15.3 Å². The second kappa shape index (κ2) is 4.90. The lowest BCUT2D eigenvalue weighted by Crippen LogP contribution is -2.10. The first-order valence-corrected chi connectivity index (χ1v) is 5.28. The molecule has 1 heterocycles. The molecule has 2 aromatic rings. The van der Waals surface area contributed by atoms with Crippen LogP contribution in [0.3, 0.4) is 0 Å². The van der Waals surface area contributed by atoms with Crippen LogP contribution in [-0.2, 0) is 6.42 Å². The molecule has 84 valence electrons. The smallest absolute Gasteiger partial charge is 0.232 e. The van der Waals surface area contributed by atoms with Crippen LogP contribution in [0.4, 0.5) is 0 Å². The molecule has 1 aromatic heterocycles. The van der Waals surface area contributed by atoms with Crippen LogP contribution >= 0.6 is 0 Å². The molecule has 0 bridgehead atoms. The standard InChI is InChI=1S/C12H15N3O/c1-13-6-5-9-3-4-10-11(7-9)14-8-12(15-10)16-2/h3-4,7-8,13H,5-6H2,1-2H3. The maximum absolute atomic E-state index is 5.03. The summed E-state index contributed by atoms with van der Waals surface area (Å²) in [6, 6.07) is 6.13. The quantitative estimate of drug-likeness (QED) is 0.841. The van der Waals surface area contributed by atoms with Gasteiger partial charge in [-0.05, 0) is 37.7 Å². The van der Waals surface area contributed by atoms with Crippen LogP contribution in [0.25, 0.3) is 11.0 Å². The van der Waals surface area contributed by atoms with Gasteiger partial charge in [0.25, 0.3) is 0 Å². The number of benzene rings is 1. The summed E-state index contributed by atoms with van der Waals surface area (Å²) in [4.78, 5) is 8.63. The van der Waals surface area contributed by atoms with E-state index in [1.54, 1.807) is 13.3 Å². The van der Waals surface area contributed by atoms with Crippen LogP contribution in [0, 0.1) is 0 Å². The minimum Gasteiger partial charge on any atom is -0.480 e. The van der Waals surface area contributed by atoms with Crippen molar-refractivity contribution in [2.24, 2.45) is 0 Å². The third-order valence-electron chi connectivity index (χ3n) is 2.46. The molecular weight excluding hydrogens is 202 g/mol. The van der Waals surface area contributed by atoms with Crippen molar-refractivity contribution in [2.75, 3.05) is 20.7 Å². The molecule has 4 heteroatoms. The van der Waals surface area contributed by atoms with Crippen LogP contribution in [0.2, 0.25) is 0 Å². The Hall–Kier alpha value is -1.68. The van der Waals surface area contributed by atoms with Crippen molar-refractivity contribution in [3.8, 4) is 5.88 Å². The van der Waals surface area contributed by atoms with E-state index in [4.69, 9.17) is 4.74 Å². The molecule has 0 saturated carbocycles. The summed E-state index contributed by atoms with van der Waals surface area (Å²) in [7, 11) is 3.54. The summed E-state index contributed by atoms with van der Waals surface area (Å²) >= 11 is 0. The van der Waals surface area contributed by atoms with Crippen LogP contribution in [0.15, 0.2) is 24.4 Å². The highest BCUT2D eigenvalue weighted by molar-refractivity contribution is 5.75. The summed E-state index contributed by atoms with van der Waals surface area (Å²) in [5.74, 6) is 0.551. The number of nitrogens with zero attached hydrogens (tertiary/aromatic N) is 2. The third kappa shape index (κ3) is 2.28. The summed E-state index contributed by atoms with van der Waals surface area (Å²) in [5, 5.41) is 3.13. The number of nitrogens with one attached hydrogen (secondary N) is 1. The fourth-order valence-corrected chi connectivity index (χ4v) is 1.56. The van der Waals surface area contributed by atoms with Crippen LogP contribution in [-0.4, -0.2) is 30.7 Å². The number of hydrogen-bond donors (Lipinski definition) is 1. The lowest BCUT2D eigenvalue weighted by atomic mass is 10.1. The summed E-state index contributed by atoms with van der Waals surface area (Å²) in [5.41, 5.74) is 3.04. The molecule has 1 aromatic carbocycles. The molecule has 4 nitrogen and oxygen atoms in total. The molecule has 0 radical (unpaired) electrons. The molecule has 0 unspecified atom stereocenters. The van der Waals surface area contributed by atoms with E-state index in [0.29, 0.717) is 5.88 Å². The zero-order valence-electron chi connectivity index (χ0n) is 9.53. The Kier molecular flexibility index (Phi) is 3.31. The lowest BCUT2D eigenvalue weighted by molar-refractivity contribution is 0.397. The highest BCUT2D eigenvalue weighted by Crippen LogP contribution is 2.15. The van der Waals surface area contributed by atoms with E-state index in [9.17, 15) is 0 Å². The monoisotopic (exact) mass is 217 g/mol. The van der Waals surface area contributed by atoms with E-state index in [1.165, 1.54) is 5.56 Å². The lowest BCUT2D eigenvalue weighted by Gasteiger charge is -2.04. The fourth-order valence-electron chi connectivity index (χ4n) is 1.56. The Labute approximate surface area is 94.7 Å². The number of fused-ring (bicyclic) bond motifs is 1. The van der Waals surface area contributed by atoms with E-state index in [0.717, 1.165) is 24.0 Å². The summed E-state index contributed by atoms with van der Waals surface area (Å²) in [6.07, 6.45) is 2.64. The minimum atomic E-state index is 0.551. The molecule has 0 aliphatic heterocycles. The van der Waals surface area contributed by atoms with Crippen LogP contribution < -0.4 is 10.1 Å². The molecule has 0 aliphatic carbocycles. The van der Waals surface area contributed by atoms with Crippen LogP contribution in [0.5, 0.6) is 5.88 Å². The van der Waals surface area contributed by atoms with Crippen molar-refractivity contribution < 1.29 is 4.74 Å². The summed E-state index contributed by atoms with van der Waals surface area (Å²) < 4.78 is 5.03. The number of hydrogen-bond acceptors (Lipinski definition) is 4. The van der Waals surface area contributed by atoms with Gasteiger partial charge in [0.15, 0.2) is 0 Å². The average Bonchev–Trinajstić information content (AvgIpc) is 2.35. The van der Waals surface area contributed by atoms with E-state index in [1.807, 2.05) is 13.1 Å². The number of methoxy groups -OCH3 is 1. The molecule has 1 N–H and O–H groups in total. The molecule has 0 aliphatic rings. The topological polar surface area (TPSA) is 47.0 Å². The first kappa shape index (κ1) is 10.8. The number of likely N-dealkylation sites (N-methyl/N-ethyl adjacent to an activating group) is 1. The van der Waals surface area contributed by atoms with Crippen molar-refractivity contribution in [1.29, 1.82) is 0 Å². The van der Waals surface area contributed by atoms with Crippen LogP contribution in [0.1, 0.15) is 5.56 Å². The molecule has 0 saturated heterocycles.